The molecule has 4 rings (SSSR count). The van der Waals surface area contributed by atoms with Crippen LogP contribution in [0.25, 0.3) is 11.0 Å². The molecule has 1 fully saturated rings. The van der Waals surface area contributed by atoms with E-state index < -0.39 is 27.2 Å². The number of aliphatic hydroxyl groups is 1. The van der Waals surface area contributed by atoms with Gasteiger partial charge in [0.1, 0.15) is 16.4 Å². The lowest BCUT2D eigenvalue weighted by molar-refractivity contribution is 0.0869. The zero-order valence-electron chi connectivity index (χ0n) is 22.2. The minimum absolute atomic E-state index is 0.0733. The molecule has 0 atom stereocenters. The number of carbonyl (C=O) groups is 1. The molecule has 0 bridgehead atoms. The van der Waals surface area contributed by atoms with E-state index in [0.29, 0.717) is 17.9 Å². The van der Waals surface area contributed by atoms with E-state index in [1.165, 1.54) is 25.3 Å². The monoisotopic (exact) mass is 545 g/mol. The van der Waals surface area contributed by atoms with Crippen LogP contribution in [0.2, 0.25) is 0 Å². The third-order valence-electron chi connectivity index (χ3n) is 6.85. The highest BCUT2D eigenvalue weighted by molar-refractivity contribution is 7.90. The molecule has 1 aromatic heterocycles. The van der Waals surface area contributed by atoms with E-state index in [1.807, 2.05) is 6.92 Å². The lowest BCUT2D eigenvalue weighted by Gasteiger charge is -2.23. The number of carbonyl (C=O) groups excluding carboxylic acids is 1. The molecule has 0 aliphatic heterocycles. The highest BCUT2D eigenvalue weighted by atomic mass is 32.2. The average Bonchev–Trinajstić information content (AvgIpc) is 3.20. The summed E-state index contributed by atoms with van der Waals surface area (Å²) < 4.78 is 41.5. The number of benzene rings is 2. The predicted octanol–water partition coefficient (Wildman–Crippen LogP) is 3.45. The molecule has 1 saturated carbocycles. The molecule has 2 N–H and O–H groups in total. The summed E-state index contributed by atoms with van der Waals surface area (Å²) in [5.41, 5.74) is -0.617. The van der Waals surface area contributed by atoms with Crippen molar-refractivity contribution in [2.24, 2.45) is 0 Å². The largest absolute Gasteiger partial charge is 0.495 e. The second-order valence-electron chi connectivity index (χ2n) is 10.2. The van der Waals surface area contributed by atoms with Gasteiger partial charge in [-0.25, -0.2) is 13.2 Å². The molecule has 0 saturated heterocycles. The van der Waals surface area contributed by atoms with Gasteiger partial charge in [0.15, 0.2) is 0 Å². The lowest BCUT2D eigenvalue weighted by Crippen LogP contribution is -2.46. The SMILES string of the molecule is CCOc1ccc2c(c1)n(C1CCCCC1)c(=O)n2S(=O)(=O)c1ccc(C(=O)NC(C)(C)CO)cc1OC. The zero-order chi connectivity index (χ0) is 27.7. The Hall–Kier alpha value is -3.31. The van der Waals surface area contributed by atoms with Crippen molar-refractivity contribution in [3.8, 4) is 11.5 Å². The summed E-state index contributed by atoms with van der Waals surface area (Å²) in [6.45, 7) is 5.33. The molecule has 0 radical (unpaired) electrons. The van der Waals surface area contributed by atoms with Gasteiger partial charge in [0.2, 0.25) is 0 Å². The van der Waals surface area contributed by atoms with Crippen LogP contribution in [0.5, 0.6) is 11.5 Å². The van der Waals surface area contributed by atoms with Crippen LogP contribution in [0.15, 0.2) is 46.1 Å². The van der Waals surface area contributed by atoms with Crippen LogP contribution in [0.3, 0.4) is 0 Å². The smallest absolute Gasteiger partial charge is 0.343 e. The molecular weight excluding hydrogens is 510 g/mol. The zero-order valence-corrected chi connectivity index (χ0v) is 23.0. The number of rotatable bonds is 9. The molecule has 1 amide bonds. The lowest BCUT2D eigenvalue weighted by atomic mass is 9.95. The van der Waals surface area contributed by atoms with Crippen molar-refractivity contribution in [1.82, 2.24) is 13.9 Å². The van der Waals surface area contributed by atoms with Crippen LogP contribution < -0.4 is 20.5 Å². The van der Waals surface area contributed by atoms with E-state index >= 15 is 0 Å². The van der Waals surface area contributed by atoms with Crippen molar-refractivity contribution >= 4 is 27.0 Å². The molecule has 206 valence electrons. The number of hydrogen-bond donors (Lipinski definition) is 2. The fourth-order valence-corrected chi connectivity index (χ4v) is 6.43. The molecule has 1 aliphatic rings. The van der Waals surface area contributed by atoms with Gasteiger partial charge in [-0.2, -0.15) is 3.97 Å². The summed E-state index contributed by atoms with van der Waals surface area (Å²) in [6, 6.07) is 8.77. The summed E-state index contributed by atoms with van der Waals surface area (Å²) in [7, 11) is -3.12. The number of nitrogens with one attached hydrogen (secondary N) is 1. The van der Waals surface area contributed by atoms with E-state index in [1.54, 1.807) is 36.6 Å². The Balaban J connectivity index is 1.87. The topological polar surface area (TPSA) is 129 Å². The van der Waals surface area contributed by atoms with Gasteiger partial charge in [-0.05, 0) is 63.9 Å². The quantitative estimate of drug-likeness (QED) is 0.421. The first-order valence-electron chi connectivity index (χ1n) is 12.8. The van der Waals surface area contributed by atoms with Crippen LogP contribution >= 0.6 is 0 Å². The number of hydrogen-bond acceptors (Lipinski definition) is 7. The van der Waals surface area contributed by atoms with E-state index in [0.717, 1.165) is 36.1 Å². The molecule has 1 aliphatic carbocycles. The van der Waals surface area contributed by atoms with Gasteiger partial charge in [0.25, 0.3) is 15.9 Å². The highest BCUT2D eigenvalue weighted by Crippen LogP contribution is 2.34. The molecular formula is C27H35N3O7S. The van der Waals surface area contributed by atoms with Crippen molar-refractivity contribution in [2.45, 2.75) is 69.4 Å². The Labute approximate surface area is 222 Å². The van der Waals surface area contributed by atoms with Crippen molar-refractivity contribution in [3.05, 3.63) is 52.4 Å². The number of aromatic nitrogens is 2. The maximum atomic E-state index is 14.0. The van der Waals surface area contributed by atoms with Gasteiger partial charge in [-0.1, -0.05) is 19.3 Å². The van der Waals surface area contributed by atoms with Gasteiger partial charge in [0, 0.05) is 17.7 Å². The number of nitrogens with zero attached hydrogens (tertiary/aromatic N) is 2. The van der Waals surface area contributed by atoms with Crippen LogP contribution in [-0.4, -0.2) is 53.8 Å². The Morgan fingerprint density at radius 2 is 1.82 bits per heavy atom. The second-order valence-corrected chi connectivity index (χ2v) is 11.9. The molecule has 10 nitrogen and oxygen atoms in total. The van der Waals surface area contributed by atoms with Gasteiger partial charge in [0.05, 0.1) is 36.9 Å². The molecule has 0 spiro atoms. The average molecular weight is 546 g/mol. The first kappa shape index (κ1) is 27.7. The molecule has 38 heavy (non-hydrogen) atoms. The summed E-state index contributed by atoms with van der Waals surface area (Å²) >= 11 is 0. The summed E-state index contributed by atoms with van der Waals surface area (Å²) in [5, 5.41) is 12.1. The fourth-order valence-electron chi connectivity index (χ4n) is 4.89. The van der Waals surface area contributed by atoms with Gasteiger partial charge in [-0.15, -0.1) is 0 Å². The van der Waals surface area contributed by atoms with Crippen LogP contribution in [0.4, 0.5) is 0 Å². The number of amides is 1. The summed E-state index contributed by atoms with van der Waals surface area (Å²) in [6.07, 6.45) is 4.59. The first-order chi connectivity index (χ1) is 18.0. The summed E-state index contributed by atoms with van der Waals surface area (Å²) in [5.74, 6) is -0.0190. The van der Waals surface area contributed by atoms with E-state index in [9.17, 15) is 23.1 Å². The number of ether oxygens (including phenoxy) is 2. The van der Waals surface area contributed by atoms with E-state index in [4.69, 9.17) is 9.47 Å². The maximum Gasteiger partial charge on any atom is 0.343 e. The third-order valence-corrected chi connectivity index (χ3v) is 8.57. The van der Waals surface area contributed by atoms with Gasteiger partial charge >= 0.3 is 5.69 Å². The molecule has 3 aromatic rings. The number of aliphatic hydroxyl groups excluding tert-OH is 1. The Morgan fingerprint density at radius 1 is 1.11 bits per heavy atom. The Morgan fingerprint density at radius 3 is 2.45 bits per heavy atom. The predicted molar refractivity (Wildman–Crippen MR) is 144 cm³/mol. The fraction of sp³-hybridized carbons (Fsp3) is 0.481. The highest BCUT2D eigenvalue weighted by Gasteiger charge is 2.32. The number of imidazole rings is 1. The molecule has 1 heterocycles. The maximum absolute atomic E-state index is 14.0. The van der Waals surface area contributed by atoms with Crippen LogP contribution in [0.1, 0.15) is 69.3 Å². The standard InChI is InChI=1S/C27H35N3O7S/c1-5-37-20-12-13-21-22(16-20)29(19-9-7-6-8-10-19)26(33)30(21)38(34,35)24-14-11-18(15-23(24)36-4)25(32)28-27(2,3)17-31/h11-16,19,31H,5-10,17H2,1-4H3,(H,28,32). The molecule has 0 unspecified atom stereocenters. The van der Waals surface area contributed by atoms with Crippen molar-refractivity contribution in [1.29, 1.82) is 0 Å². The third kappa shape index (κ3) is 5.17. The van der Waals surface area contributed by atoms with Crippen LogP contribution in [0, 0.1) is 0 Å². The normalized spacial score (nSPS) is 15.0. The molecule has 2 aromatic carbocycles. The van der Waals surface area contributed by atoms with Gasteiger partial charge < -0.3 is 19.9 Å². The minimum atomic E-state index is -4.42. The van der Waals surface area contributed by atoms with Crippen molar-refractivity contribution in [2.75, 3.05) is 20.3 Å². The first-order valence-corrected chi connectivity index (χ1v) is 14.2. The Kier molecular flexibility index (Phi) is 7.89. The Bertz CT molecular complexity index is 1500. The van der Waals surface area contributed by atoms with Crippen LogP contribution in [-0.2, 0) is 10.0 Å². The van der Waals surface area contributed by atoms with Crippen molar-refractivity contribution < 1.29 is 27.8 Å². The van der Waals surface area contributed by atoms with Crippen molar-refractivity contribution in [3.63, 3.8) is 0 Å². The number of fused-ring (bicyclic) bond motifs is 1. The summed E-state index contributed by atoms with van der Waals surface area (Å²) in [4.78, 5) is 26.3. The van der Waals surface area contributed by atoms with E-state index in [-0.39, 0.29) is 34.4 Å². The molecule has 11 heteroatoms. The number of methoxy groups -OCH3 is 1. The second kappa shape index (κ2) is 10.8. The van der Waals surface area contributed by atoms with E-state index in [2.05, 4.69) is 5.32 Å². The minimum Gasteiger partial charge on any atom is -0.495 e. The van der Waals surface area contributed by atoms with Gasteiger partial charge in [-0.3, -0.25) is 9.36 Å².